The van der Waals surface area contributed by atoms with Crippen molar-refractivity contribution in [3.05, 3.63) is 51.5 Å². The lowest BCUT2D eigenvalue weighted by atomic mass is 10.2. The monoisotopic (exact) mass is 323 g/mol. The van der Waals surface area contributed by atoms with Crippen molar-refractivity contribution in [1.29, 1.82) is 0 Å². The lowest BCUT2D eigenvalue weighted by molar-refractivity contribution is 0.355. The first-order valence-corrected chi connectivity index (χ1v) is 7.03. The van der Waals surface area contributed by atoms with Gasteiger partial charge in [0.25, 0.3) is 0 Å². The van der Waals surface area contributed by atoms with E-state index in [9.17, 15) is 0 Å². The van der Waals surface area contributed by atoms with Gasteiger partial charge in [-0.25, -0.2) is 0 Å². The Morgan fingerprint density at radius 3 is 2.48 bits per heavy atom. The van der Waals surface area contributed by atoms with Gasteiger partial charge in [-0.2, -0.15) is 0 Å². The lowest BCUT2D eigenvalue weighted by Crippen LogP contribution is -1.93. The van der Waals surface area contributed by atoms with Gasteiger partial charge in [-0.15, -0.1) is 0 Å². The number of halogens is 2. The third-order valence-electron chi connectivity index (χ3n) is 3.05. The van der Waals surface area contributed by atoms with E-state index in [2.05, 4.69) is 4.99 Å². The number of aliphatic imine (C=N–C) groups is 1. The molecule has 0 aliphatic heterocycles. The van der Waals surface area contributed by atoms with Crippen molar-refractivity contribution in [1.82, 2.24) is 0 Å². The SMILES string of the molecule is COc1cc(C=Nc2cccc(Cl)c2C)cc(Cl)c1OC. The summed E-state index contributed by atoms with van der Waals surface area (Å²) >= 11 is 12.2. The fourth-order valence-electron chi connectivity index (χ4n) is 1.89. The number of hydrogen-bond acceptors (Lipinski definition) is 3. The average Bonchev–Trinajstić information content (AvgIpc) is 2.48. The molecule has 0 saturated carbocycles. The summed E-state index contributed by atoms with van der Waals surface area (Å²) in [6.45, 7) is 1.93. The minimum absolute atomic E-state index is 0.473. The van der Waals surface area contributed by atoms with Gasteiger partial charge in [-0.3, -0.25) is 4.99 Å². The zero-order valence-corrected chi connectivity index (χ0v) is 13.5. The van der Waals surface area contributed by atoms with E-state index in [-0.39, 0.29) is 0 Å². The van der Waals surface area contributed by atoms with E-state index >= 15 is 0 Å². The van der Waals surface area contributed by atoms with Crippen LogP contribution in [0.5, 0.6) is 11.5 Å². The van der Waals surface area contributed by atoms with Gasteiger partial charge in [0.15, 0.2) is 11.5 Å². The van der Waals surface area contributed by atoms with E-state index in [1.54, 1.807) is 26.5 Å². The van der Waals surface area contributed by atoms with Crippen LogP contribution in [-0.4, -0.2) is 20.4 Å². The summed E-state index contributed by atoms with van der Waals surface area (Å²) < 4.78 is 10.5. The summed E-state index contributed by atoms with van der Waals surface area (Å²) in [5, 5.41) is 1.16. The van der Waals surface area contributed by atoms with Gasteiger partial charge in [-0.05, 0) is 42.3 Å². The zero-order valence-electron chi connectivity index (χ0n) is 12.0. The molecule has 0 atom stereocenters. The summed E-state index contributed by atoms with van der Waals surface area (Å²) in [6.07, 6.45) is 1.71. The molecule has 2 rings (SSSR count). The molecule has 0 saturated heterocycles. The average molecular weight is 324 g/mol. The van der Waals surface area contributed by atoms with Crippen LogP contribution in [0.4, 0.5) is 5.69 Å². The van der Waals surface area contributed by atoms with Crippen LogP contribution >= 0.6 is 23.2 Å². The third-order valence-corrected chi connectivity index (χ3v) is 3.74. The highest BCUT2D eigenvalue weighted by Gasteiger charge is 2.10. The molecule has 2 aromatic rings. The highest BCUT2D eigenvalue weighted by Crippen LogP contribution is 2.35. The number of ether oxygens (including phenoxy) is 2. The third kappa shape index (κ3) is 3.49. The normalized spacial score (nSPS) is 10.9. The van der Waals surface area contributed by atoms with Crippen molar-refractivity contribution < 1.29 is 9.47 Å². The first-order chi connectivity index (χ1) is 10.1. The predicted molar refractivity (Wildman–Crippen MR) is 88.0 cm³/mol. The van der Waals surface area contributed by atoms with Crippen LogP contribution < -0.4 is 9.47 Å². The Hall–Kier alpha value is -1.71. The van der Waals surface area contributed by atoms with Gasteiger partial charge in [0.2, 0.25) is 0 Å². The Balaban J connectivity index is 2.37. The largest absolute Gasteiger partial charge is 0.493 e. The van der Waals surface area contributed by atoms with Crippen molar-refractivity contribution in [2.45, 2.75) is 6.92 Å². The minimum Gasteiger partial charge on any atom is -0.493 e. The first-order valence-electron chi connectivity index (χ1n) is 6.27. The Bertz CT molecular complexity index is 684. The number of nitrogens with zero attached hydrogens (tertiary/aromatic N) is 1. The number of hydrogen-bond donors (Lipinski definition) is 0. The van der Waals surface area contributed by atoms with E-state index in [1.807, 2.05) is 31.2 Å². The van der Waals surface area contributed by atoms with Crippen LogP contribution in [0.2, 0.25) is 10.0 Å². The Morgan fingerprint density at radius 1 is 1.05 bits per heavy atom. The standard InChI is InChI=1S/C16H15Cl2NO2/c1-10-12(17)5-4-6-14(10)19-9-11-7-13(18)16(21-3)15(8-11)20-2/h4-9H,1-3H3. The molecule has 0 aromatic heterocycles. The Kier molecular flexibility index (Phi) is 5.10. The summed E-state index contributed by atoms with van der Waals surface area (Å²) in [5.74, 6) is 1.07. The maximum Gasteiger partial charge on any atom is 0.179 e. The molecular formula is C16H15Cl2NO2. The van der Waals surface area contributed by atoms with Crippen LogP contribution in [0.25, 0.3) is 0 Å². The molecule has 0 radical (unpaired) electrons. The van der Waals surface area contributed by atoms with Crippen molar-refractivity contribution in [3.8, 4) is 11.5 Å². The smallest absolute Gasteiger partial charge is 0.179 e. The summed E-state index contributed by atoms with van der Waals surface area (Å²) in [4.78, 5) is 4.44. The van der Waals surface area contributed by atoms with Crippen LogP contribution in [-0.2, 0) is 0 Å². The quantitative estimate of drug-likeness (QED) is 0.735. The summed E-state index contributed by atoms with van der Waals surface area (Å²) in [6, 6.07) is 9.19. The van der Waals surface area contributed by atoms with E-state index in [1.165, 1.54) is 0 Å². The van der Waals surface area contributed by atoms with Crippen LogP contribution in [0.1, 0.15) is 11.1 Å². The highest BCUT2D eigenvalue weighted by molar-refractivity contribution is 6.32. The van der Waals surface area contributed by atoms with E-state index in [0.717, 1.165) is 16.8 Å². The van der Waals surface area contributed by atoms with Gasteiger partial charge in [0, 0.05) is 11.2 Å². The van der Waals surface area contributed by atoms with Gasteiger partial charge in [0.05, 0.1) is 24.9 Å². The maximum atomic E-state index is 6.16. The second-order valence-corrected chi connectivity index (χ2v) is 5.19. The van der Waals surface area contributed by atoms with E-state index in [0.29, 0.717) is 21.5 Å². The van der Waals surface area contributed by atoms with Gasteiger partial charge in [-0.1, -0.05) is 29.3 Å². The van der Waals surface area contributed by atoms with Crippen LogP contribution in [0, 0.1) is 6.92 Å². The topological polar surface area (TPSA) is 30.8 Å². The maximum absolute atomic E-state index is 6.16. The molecule has 0 N–H and O–H groups in total. The predicted octanol–water partition coefficient (Wildman–Crippen LogP) is 5.07. The molecule has 0 fully saturated rings. The molecule has 3 nitrogen and oxygen atoms in total. The molecule has 21 heavy (non-hydrogen) atoms. The summed E-state index contributed by atoms with van der Waals surface area (Å²) in [5.41, 5.74) is 2.56. The number of rotatable bonds is 4. The first kappa shape index (κ1) is 15.7. The molecule has 0 aliphatic carbocycles. The number of benzene rings is 2. The molecule has 0 heterocycles. The Labute approximate surface area is 134 Å². The van der Waals surface area contributed by atoms with E-state index in [4.69, 9.17) is 32.7 Å². The molecule has 2 aromatic carbocycles. The molecule has 0 amide bonds. The number of methoxy groups -OCH3 is 2. The molecule has 0 spiro atoms. The summed E-state index contributed by atoms with van der Waals surface area (Å²) in [7, 11) is 3.11. The minimum atomic E-state index is 0.473. The van der Waals surface area contributed by atoms with Gasteiger partial charge in [0.1, 0.15) is 0 Å². The van der Waals surface area contributed by atoms with Crippen LogP contribution in [0.3, 0.4) is 0 Å². The molecule has 0 aliphatic rings. The lowest BCUT2D eigenvalue weighted by Gasteiger charge is -2.10. The van der Waals surface area contributed by atoms with Crippen molar-refractivity contribution in [2.24, 2.45) is 4.99 Å². The van der Waals surface area contributed by atoms with Gasteiger partial charge >= 0.3 is 0 Å². The molecule has 0 unspecified atom stereocenters. The molecular weight excluding hydrogens is 309 g/mol. The van der Waals surface area contributed by atoms with Crippen molar-refractivity contribution in [3.63, 3.8) is 0 Å². The fraction of sp³-hybridized carbons (Fsp3) is 0.188. The highest BCUT2D eigenvalue weighted by atomic mass is 35.5. The van der Waals surface area contributed by atoms with Crippen molar-refractivity contribution >= 4 is 35.1 Å². The second-order valence-electron chi connectivity index (χ2n) is 4.38. The van der Waals surface area contributed by atoms with E-state index < -0.39 is 0 Å². The molecule has 5 heteroatoms. The Morgan fingerprint density at radius 2 is 1.81 bits per heavy atom. The molecule has 0 bridgehead atoms. The zero-order chi connectivity index (χ0) is 15.4. The second kappa shape index (κ2) is 6.83. The molecule has 110 valence electrons. The fourth-order valence-corrected chi connectivity index (χ4v) is 2.36. The van der Waals surface area contributed by atoms with Crippen LogP contribution in [0.15, 0.2) is 35.3 Å². The van der Waals surface area contributed by atoms with Crippen molar-refractivity contribution in [2.75, 3.05) is 14.2 Å². The van der Waals surface area contributed by atoms with Gasteiger partial charge < -0.3 is 9.47 Å².